The first kappa shape index (κ1) is 8.87. The summed E-state index contributed by atoms with van der Waals surface area (Å²) in [6.07, 6.45) is 0.849. The van der Waals surface area contributed by atoms with E-state index in [1.807, 2.05) is 0 Å². The summed E-state index contributed by atoms with van der Waals surface area (Å²) >= 11 is 0. The number of rotatable bonds is 2. The normalized spacial score (nSPS) is 13.6. The van der Waals surface area contributed by atoms with E-state index in [9.17, 15) is 14.0 Å². The molecule has 0 spiro atoms. The molecule has 0 saturated heterocycles. The predicted molar refractivity (Wildman–Crippen MR) is 49.0 cm³/mol. The molecule has 1 amide bonds. The van der Waals surface area contributed by atoms with Gasteiger partial charge in [0.1, 0.15) is 6.67 Å². The fourth-order valence-electron chi connectivity index (χ4n) is 1.61. The van der Waals surface area contributed by atoms with Crippen molar-refractivity contribution < 1.29 is 14.0 Å². The Balaban J connectivity index is 2.60. The fraction of sp³-hybridized carbons (Fsp3) is 0.200. The van der Waals surface area contributed by atoms with Gasteiger partial charge in [0.2, 0.25) is 5.91 Å². The van der Waals surface area contributed by atoms with Crippen molar-refractivity contribution >= 4 is 17.9 Å². The molecule has 1 N–H and O–H groups in total. The molecule has 0 unspecified atom stereocenters. The Morgan fingerprint density at radius 1 is 1.50 bits per heavy atom. The number of nitrogens with one attached hydrogen (secondary N) is 1. The van der Waals surface area contributed by atoms with E-state index in [4.69, 9.17) is 0 Å². The quantitative estimate of drug-likeness (QED) is 0.723. The highest BCUT2D eigenvalue weighted by Gasteiger charge is 2.22. The van der Waals surface area contributed by atoms with Gasteiger partial charge in [0, 0.05) is 5.56 Å². The minimum Gasteiger partial charge on any atom is -0.325 e. The number of halogens is 1. The highest BCUT2D eigenvalue weighted by atomic mass is 19.1. The van der Waals surface area contributed by atoms with Crippen LogP contribution >= 0.6 is 0 Å². The zero-order chi connectivity index (χ0) is 10.1. The summed E-state index contributed by atoms with van der Waals surface area (Å²) in [4.78, 5) is 21.8. The van der Waals surface area contributed by atoms with Crippen LogP contribution in [0.2, 0.25) is 0 Å². The molecule has 0 aromatic heterocycles. The van der Waals surface area contributed by atoms with Crippen LogP contribution in [0.4, 0.5) is 10.1 Å². The average molecular weight is 193 g/mol. The second-order valence-electron chi connectivity index (χ2n) is 3.15. The monoisotopic (exact) mass is 193 g/mol. The van der Waals surface area contributed by atoms with Gasteiger partial charge in [-0.1, -0.05) is 12.1 Å². The summed E-state index contributed by atoms with van der Waals surface area (Å²) in [6.45, 7) is -0.697. The molecule has 0 saturated carbocycles. The van der Waals surface area contributed by atoms with E-state index in [0.29, 0.717) is 17.5 Å². The van der Waals surface area contributed by atoms with Crippen LogP contribution in [0.15, 0.2) is 12.1 Å². The van der Waals surface area contributed by atoms with Gasteiger partial charge in [-0.3, -0.25) is 9.59 Å². The number of alkyl halides is 1. The molecule has 1 heterocycles. The maximum atomic E-state index is 12.5. The van der Waals surface area contributed by atoms with E-state index in [1.54, 1.807) is 12.1 Å². The summed E-state index contributed by atoms with van der Waals surface area (Å²) in [7, 11) is 0. The van der Waals surface area contributed by atoms with Crippen molar-refractivity contribution in [2.45, 2.75) is 13.1 Å². The number of amides is 1. The minimum atomic E-state index is -0.697. The molecule has 72 valence electrons. The van der Waals surface area contributed by atoms with E-state index < -0.39 is 6.67 Å². The zero-order valence-electron chi connectivity index (χ0n) is 7.34. The molecule has 1 aromatic carbocycles. The SMILES string of the molecule is O=Cc1c(CF)ccc2c1NC(=O)C2. The summed E-state index contributed by atoms with van der Waals surface area (Å²) in [5.74, 6) is -0.154. The summed E-state index contributed by atoms with van der Waals surface area (Å²) in [6, 6.07) is 3.22. The first-order chi connectivity index (χ1) is 6.76. The van der Waals surface area contributed by atoms with Crippen LogP contribution in [0.3, 0.4) is 0 Å². The summed E-state index contributed by atoms with van der Waals surface area (Å²) in [5, 5.41) is 2.55. The van der Waals surface area contributed by atoms with Crippen LogP contribution in [0.1, 0.15) is 21.5 Å². The van der Waals surface area contributed by atoms with Gasteiger partial charge < -0.3 is 5.32 Å². The van der Waals surface area contributed by atoms with E-state index in [2.05, 4.69) is 5.32 Å². The largest absolute Gasteiger partial charge is 0.325 e. The average Bonchev–Trinajstić information content (AvgIpc) is 2.56. The third-order valence-electron chi connectivity index (χ3n) is 2.30. The molecule has 1 aromatic rings. The third-order valence-corrected chi connectivity index (χ3v) is 2.30. The number of carbonyl (C=O) groups is 2. The Morgan fingerprint density at radius 2 is 2.29 bits per heavy atom. The smallest absolute Gasteiger partial charge is 0.228 e. The number of fused-ring (bicyclic) bond motifs is 1. The maximum absolute atomic E-state index is 12.5. The standard InChI is InChI=1S/C10H8FNO2/c11-4-7-2-1-6-3-9(14)12-10(6)8(7)5-13/h1-2,5H,3-4H2,(H,12,14). The number of carbonyl (C=O) groups excluding carboxylic acids is 2. The Morgan fingerprint density at radius 3 is 2.93 bits per heavy atom. The molecular weight excluding hydrogens is 185 g/mol. The molecule has 0 radical (unpaired) electrons. The van der Waals surface area contributed by atoms with Crippen molar-refractivity contribution in [1.82, 2.24) is 0 Å². The van der Waals surface area contributed by atoms with Crippen LogP contribution in [0.25, 0.3) is 0 Å². The molecule has 0 aliphatic carbocycles. The second-order valence-corrected chi connectivity index (χ2v) is 3.15. The van der Waals surface area contributed by atoms with Crippen molar-refractivity contribution in [1.29, 1.82) is 0 Å². The maximum Gasteiger partial charge on any atom is 0.228 e. The Hall–Kier alpha value is -1.71. The van der Waals surface area contributed by atoms with Crippen molar-refractivity contribution in [3.8, 4) is 0 Å². The van der Waals surface area contributed by atoms with Crippen LogP contribution in [0.5, 0.6) is 0 Å². The van der Waals surface area contributed by atoms with Gasteiger partial charge in [0.15, 0.2) is 6.29 Å². The lowest BCUT2D eigenvalue weighted by Crippen LogP contribution is -2.05. The van der Waals surface area contributed by atoms with E-state index in [-0.39, 0.29) is 17.9 Å². The van der Waals surface area contributed by atoms with Gasteiger partial charge >= 0.3 is 0 Å². The molecule has 0 bridgehead atoms. The van der Waals surface area contributed by atoms with Crippen LogP contribution in [0, 0.1) is 0 Å². The van der Waals surface area contributed by atoms with Gasteiger partial charge in [-0.15, -0.1) is 0 Å². The topological polar surface area (TPSA) is 46.2 Å². The lowest BCUT2D eigenvalue weighted by Gasteiger charge is -2.05. The lowest BCUT2D eigenvalue weighted by molar-refractivity contribution is -0.115. The van der Waals surface area contributed by atoms with Crippen molar-refractivity contribution in [2.75, 3.05) is 5.32 Å². The first-order valence-corrected chi connectivity index (χ1v) is 4.22. The molecular formula is C10H8FNO2. The lowest BCUT2D eigenvalue weighted by atomic mass is 10.0. The van der Waals surface area contributed by atoms with E-state index >= 15 is 0 Å². The molecule has 2 rings (SSSR count). The molecule has 14 heavy (non-hydrogen) atoms. The van der Waals surface area contributed by atoms with Gasteiger partial charge in [-0.05, 0) is 11.1 Å². The second kappa shape index (κ2) is 3.21. The molecule has 0 fully saturated rings. The Kier molecular flexibility index (Phi) is 2.04. The zero-order valence-corrected chi connectivity index (χ0v) is 7.34. The number of anilines is 1. The fourth-order valence-corrected chi connectivity index (χ4v) is 1.61. The predicted octanol–water partition coefficient (Wildman–Crippen LogP) is 1.46. The summed E-state index contributed by atoms with van der Waals surface area (Å²) in [5.41, 5.74) is 1.81. The molecule has 4 heteroatoms. The summed E-state index contributed by atoms with van der Waals surface area (Å²) < 4.78 is 12.5. The highest BCUT2D eigenvalue weighted by Crippen LogP contribution is 2.29. The Bertz CT molecular complexity index is 415. The van der Waals surface area contributed by atoms with E-state index in [0.717, 1.165) is 5.56 Å². The minimum absolute atomic E-state index is 0.154. The molecule has 1 aliphatic heterocycles. The number of benzene rings is 1. The third kappa shape index (κ3) is 1.19. The number of hydrogen-bond acceptors (Lipinski definition) is 2. The molecule has 1 aliphatic rings. The van der Waals surface area contributed by atoms with E-state index in [1.165, 1.54) is 0 Å². The number of aldehydes is 1. The van der Waals surface area contributed by atoms with Crippen molar-refractivity contribution in [3.05, 3.63) is 28.8 Å². The van der Waals surface area contributed by atoms with Crippen LogP contribution < -0.4 is 5.32 Å². The van der Waals surface area contributed by atoms with Crippen molar-refractivity contribution in [3.63, 3.8) is 0 Å². The van der Waals surface area contributed by atoms with Crippen LogP contribution in [-0.2, 0) is 17.9 Å². The molecule has 3 nitrogen and oxygen atoms in total. The van der Waals surface area contributed by atoms with Gasteiger partial charge in [-0.2, -0.15) is 0 Å². The van der Waals surface area contributed by atoms with Crippen LogP contribution in [-0.4, -0.2) is 12.2 Å². The Labute approximate surface area is 79.9 Å². The van der Waals surface area contributed by atoms with Gasteiger partial charge in [-0.25, -0.2) is 4.39 Å². The molecule has 0 atom stereocenters. The van der Waals surface area contributed by atoms with Crippen molar-refractivity contribution in [2.24, 2.45) is 0 Å². The van der Waals surface area contributed by atoms with Gasteiger partial charge in [0.05, 0.1) is 12.1 Å². The van der Waals surface area contributed by atoms with Gasteiger partial charge in [0.25, 0.3) is 0 Å². The first-order valence-electron chi connectivity index (χ1n) is 4.22. The highest BCUT2D eigenvalue weighted by molar-refractivity contribution is 6.04. The number of hydrogen-bond donors (Lipinski definition) is 1.